The second kappa shape index (κ2) is 14.8. The molecule has 0 bridgehead atoms. The number of carboxylic acids is 2. The number of nitrogen functional groups attached to an aromatic ring is 2. The van der Waals surface area contributed by atoms with Gasteiger partial charge < -0.3 is 81.5 Å². The van der Waals surface area contributed by atoms with Crippen molar-refractivity contribution >= 4 is 23.3 Å². The van der Waals surface area contributed by atoms with Gasteiger partial charge in [-0.3, -0.25) is 0 Å². The molecule has 2 heterocycles. The lowest BCUT2D eigenvalue weighted by molar-refractivity contribution is -0.277. The minimum absolute atomic E-state index is 0.133. The molecule has 0 amide bonds. The van der Waals surface area contributed by atoms with Gasteiger partial charge in [0.2, 0.25) is 12.6 Å². The number of aliphatic hydroxyl groups is 8. The largest absolute Gasteiger partial charge is 0.478 e. The molecule has 244 valence electrons. The minimum atomic E-state index is -1.63. The predicted molar refractivity (Wildman–Crippen MR) is 144 cm³/mol. The number of hydrogen-bond acceptors (Lipinski definition) is 16. The fourth-order valence-corrected chi connectivity index (χ4v) is 4.21. The molecular formula is C26H34N2O16. The van der Waals surface area contributed by atoms with Crippen molar-refractivity contribution in [2.45, 2.75) is 61.4 Å². The monoisotopic (exact) mass is 630 g/mol. The van der Waals surface area contributed by atoms with E-state index in [0.29, 0.717) is 0 Å². The van der Waals surface area contributed by atoms with E-state index < -0.39 is 86.6 Å². The first kappa shape index (κ1) is 34.7. The molecule has 10 atom stereocenters. The van der Waals surface area contributed by atoms with Crippen LogP contribution in [0.1, 0.15) is 20.7 Å². The molecule has 0 saturated carbocycles. The third kappa shape index (κ3) is 7.81. The third-order valence-corrected chi connectivity index (χ3v) is 6.65. The van der Waals surface area contributed by atoms with E-state index in [-0.39, 0.29) is 34.0 Å². The molecule has 2 aromatic rings. The summed E-state index contributed by atoms with van der Waals surface area (Å²) in [6, 6.07) is 7.68. The Morgan fingerprint density at radius 3 is 1.25 bits per heavy atom. The molecule has 2 saturated heterocycles. The Kier molecular flexibility index (Phi) is 11.6. The predicted octanol–water partition coefficient (Wildman–Crippen LogP) is -3.71. The van der Waals surface area contributed by atoms with E-state index in [1.54, 1.807) is 0 Å². The summed E-state index contributed by atoms with van der Waals surface area (Å²) in [7, 11) is 0. The Bertz CT molecular complexity index is 1200. The van der Waals surface area contributed by atoms with E-state index in [4.69, 9.17) is 50.8 Å². The van der Waals surface area contributed by atoms with Gasteiger partial charge >= 0.3 is 11.9 Å². The molecule has 2 fully saturated rings. The lowest BCUT2D eigenvalue weighted by Gasteiger charge is -2.39. The average Bonchev–Trinajstić information content (AvgIpc) is 2.99. The smallest absolute Gasteiger partial charge is 0.339 e. The van der Waals surface area contributed by atoms with Crippen LogP contribution in [-0.2, 0) is 9.47 Å². The van der Waals surface area contributed by atoms with Gasteiger partial charge in [0.05, 0.1) is 13.2 Å². The summed E-state index contributed by atoms with van der Waals surface area (Å²) in [6.45, 7) is -1.23. The van der Waals surface area contributed by atoms with Crippen LogP contribution in [0.25, 0.3) is 0 Å². The molecule has 0 aromatic heterocycles. The maximum Gasteiger partial charge on any atom is 0.339 e. The fourth-order valence-electron chi connectivity index (χ4n) is 4.21. The maximum absolute atomic E-state index is 11.2. The second-order valence-electron chi connectivity index (χ2n) is 9.75. The van der Waals surface area contributed by atoms with Gasteiger partial charge in [0.25, 0.3) is 0 Å². The zero-order chi connectivity index (χ0) is 32.9. The lowest BCUT2D eigenvalue weighted by Crippen LogP contribution is -2.60. The summed E-state index contributed by atoms with van der Waals surface area (Å²) in [5, 5.41) is 94.7. The second-order valence-corrected chi connectivity index (χ2v) is 9.75. The number of carboxylic acid groups (broad SMARTS) is 2. The molecule has 0 spiro atoms. The van der Waals surface area contributed by atoms with Crippen LogP contribution in [0, 0.1) is 0 Å². The van der Waals surface area contributed by atoms with Crippen molar-refractivity contribution in [3.8, 4) is 11.5 Å². The highest BCUT2D eigenvalue weighted by Crippen LogP contribution is 2.29. The number of aromatic carboxylic acids is 2. The van der Waals surface area contributed by atoms with Crippen LogP contribution in [0.4, 0.5) is 11.4 Å². The Balaban J connectivity index is 0.000000240. The number of hydrogen-bond donors (Lipinski definition) is 12. The van der Waals surface area contributed by atoms with E-state index in [1.807, 2.05) is 0 Å². The SMILES string of the molecule is Nc1ccc(O[C@@H]2O[C@H](CO)[C@H](O)[C@H](O)[C@H]2O)c(C(=O)O)c1.Nc1ccc(O[C@H]2O[C@H](CO)[C@H](O)[C@H](O)[C@H]2O)c(C(=O)O)c1. The Morgan fingerprint density at radius 2 is 0.955 bits per heavy atom. The number of carbonyl (C=O) groups is 2. The summed E-state index contributed by atoms with van der Waals surface area (Å²) >= 11 is 0. The molecule has 0 aliphatic carbocycles. The molecule has 0 unspecified atom stereocenters. The maximum atomic E-state index is 11.2. The number of anilines is 2. The van der Waals surface area contributed by atoms with Gasteiger partial charge in [-0.1, -0.05) is 0 Å². The zero-order valence-electron chi connectivity index (χ0n) is 22.7. The van der Waals surface area contributed by atoms with E-state index >= 15 is 0 Å². The van der Waals surface area contributed by atoms with E-state index in [2.05, 4.69) is 0 Å². The molecule has 0 radical (unpaired) electrons. The normalized spacial score (nSPS) is 31.7. The molecule has 2 aromatic carbocycles. The number of ether oxygens (including phenoxy) is 4. The molecule has 2 aliphatic heterocycles. The molecule has 18 heteroatoms. The first-order chi connectivity index (χ1) is 20.7. The summed E-state index contributed by atoms with van der Waals surface area (Å²) < 4.78 is 20.8. The number of benzene rings is 2. The Labute approximate surface area is 248 Å². The fraction of sp³-hybridized carbons (Fsp3) is 0.462. The summed E-state index contributed by atoms with van der Waals surface area (Å²) in [6.07, 6.45) is -14.7. The van der Waals surface area contributed by atoms with Gasteiger partial charge in [0.1, 0.15) is 71.5 Å². The summed E-state index contributed by atoms with van der Waals surface area (Å²) in [5.41, 5.74) is 10.9. The van der Waals surface area contributed by atoms with Crippen molar-refractivity contribution in [2.75, 3.05) is 24.7 Å². The van der Waals surface area contributed by atoms with Gasteiger partial charge in [0.15, 0.2) is 0 Å². The van der Waals surface area contributed by atoms with Crippen LogP contribution >= 0.6 is 0 Å². The van der Waals surface area contributed by atoms with Gasteiger partial charge in [-0.05, 0) is 36.4 Å². The first-order valence-corrected chi connectivity index (χ1v) is 12.9. The molecule has 18 nitrogen and oxygen atoms in total. The first-order valence-electron chi connectivity index (χ1n) is 12.9. The summed E-state index contributed by atoms with van der Waals surface area (Å²) in [4.78, 5) is 22.3. The van der Waals surface area contributed by atoms with Crippen LogP contribution in [-0.4, -0.2) is 138 Å². The van der Waals surface area contributed by atoms with Crippen molar-refractivity contribution in [3.05, 3.63) is 47.5 Å². The van der Waals surface area contributed by atoms with Crippen molar-refractivity contribution in [1.29, 1.82) is 0 Å². The molecule has 44 heavy (non-hydrogen) atoms. The topological polar surface area (TPSA) is 325 Å². The molecular weight excluding hydrogens is 596 g/mol. The quantitative estimate of drug-likeness (QED) is 0.125. The van der Waals surface area contributed by atoms with Gasteiger partial charge in [-0.2, -0.15) is 0 Å². The van der Waals surface area contributed by atoms with Crippen molar-refractivity contribution in [2.24, 2.45) is 0 Å². The Morgan fingerprint density at radius 1 is 0.614 bits per heavy atom. The Hall–Kier alpha value is -3.82. The number of aliphatic hydroxyl groups excluding tert-OH is 8. The standard InChI is InChI=1S/2C13H17NO8/c2*14-5-1-2-7(6(3-5)12(19)20)21-13-11(18)10(17)9(16)8(4-15)22-13/h2*1-3,8-11,13,15-18H,4,14H2,(H,19,20)/t8-,9+,10+,11-,13+;8-,9+,10+,11-,13-/m11/s1. The minimum Gasteiger partial charge on any atom is -0.478 e. The number of nitrogens with two attached hydrogens (primary N) is 2. The van der Waals surface area contributed by atoms with Crippen LogP contribution in [0.2, 0.25) is 0 Å². The molecule has 2 aliphatic rings. The summed E-state index contributed by atoms with van der Waals surface area (Å²) in [5.74, 6) is -2.86. The van der Waals surface area contributed by atoms with Crippen molar-refractivity contribution in [3.63, 3.8) is 0 Å². The van der Waals surface area contributed by atoms with Crippen LogP contribution in [0.3, 0.4) is 0 Å². The zero-order valence-corrected chi connectivity index (χ0v) is 22.7. The van der Waals surface area contributed by atoms with Crippen molar-refractivity contribution < 1.29 is 79.6 Å². The van der Waals surface area contributed by atoms with Crippen LogP contribution in [0.15, 0.2) is 36.4 Å². The van der Waals surface area contributed by atoms with Gasteiger partial charge in [0, 0.05) is 11.4 Å². The van der Waals surface area contributed by atoms with Crippen molar-refractivity contribution in [1.82, 2.24) is 0 Å². The molecule has 14 N–H and O–H groups in total. The van der Waals surface area contributed by atoms with E-state index in [1.165, 1.54) is 36.4 Å². The van der Waals surface area contributed by atoms with Crippen LogP contribution in [0.5, 0.6) is 11.5 Å². The average molecular weight is 631 g/mol. The lowest BCUT2D eigenvalue weighted by atomic mass is 9.99. The van der Waals surface area contributed by atoms with Gasteiger partial charge in [-0.15, -0.1) is 0 Å². The van der Waals surface area contributed by atoms with E-state index in [0.717, 1.165) is 0 Å². The highest BCUT2D eigenvalue weighted by molar-refractivity contribution is 5.92. The third-order valence-electron chi connectivity index (χ3n) is 6.65. The molecule has 4 rings (SSSR count). The highest BCUT2D eigenvalue weighted by Gasteiger charge is 2.46. The highest BCUT2D eigenvalue weighted by atomic mass is 16.7. The van der Waals surface area contributed by atoms with Gasteiger partial charge in [-0.25, -0.2) is 9.59 Å². The van der Waals surface area contributed by atoms with E-state index in [9.17, 15) is 40.2 Å². The number of rotatable bonds is 8. The van der Waals surface area contributed by atoms with Crippen LogP contribution < -0.4 is 20.9 Å².